The lowest BCUT2D eigenvalue weighted by Crippen LogP contribution is -2.12. The molecule has 0 heterocycles. The van der Waals surface area contributed by atoms with Gasteiger partial charge in [0.2, 0.25) is 0 Å². The number of rotatable bonds is 10. The first kappa shape index (κ1) is 18.8. The van der Waals surface area contributed by atoms with E-state index in [0.717, 1.165) is 12.2 Å². The molecule has 2 aromatic rings. The molecule has 0 radical (unpaired) electrons. The van der Waals surface area contributed by atoms with Crippen molar-refractivity contribution in [2.75, 3.05) is 38.8 Å². The minimum absolute atomic E-state index is 0.196. The first-order valence-corrected chi connectivity index (χ1v) is 8.19. The van der Waals surface area contributed by atoms with E-state index in [4.69, 9.17) is 19.9 Å². The van der Waals surface area contributed by atoms with Gasteiger partial charge in [0, 0.05) is 37.9 Å². The van der Waals surface area contributed by atoms with Crippen LogP contribution in [-0.4, -0.2) is 39.4 Å². The zero-order valence-electron chi connectivity index (χ0n) is 14.4. The standard InChI is InChI=1S/C19H24N2O4/c1-23-11-3-12-24-18-5-2-4-15(14-18)19(22)21-16-6-8-17(9-7-16)25-13-10-20/h2,4-9,14H,3,10-13,20H2,1H3,(H,21,22). The molecule has 0 unspecified atom stereocenters. The van der Waals surface area contributed by atoms with Gasteiger partial charge >= 0.3 is 0 Å². The Labute approximate surface area is 147 Å². The Kier molecular flexibility index (Phi) is 7.75. The molecule has 0 bridgehead atoms. The molecule has 1 amide bonds. The lowest BCUT2D eigenvalue weighted by molar-refractivity contribution is 0.102. The van der Waals surface area contributed by atoms with Gasteiger partial charge in [-0.25, -0.2) is 0 Å². The predicted octanol–water partition coefficient (Wildman–Crippen LogP) is 2.69. The molecule has 0 saturated heterocycles. The molecule has 6 nitrogen and oxygen atoms in total. The maximum Gasteiger partial charge on any atom is 0.255 e. The molecule has 0 aliphatic heterocycles. The van der Waals surface area contributed by atoms with E-state index in [2.05, 4.69) is 5.32 Å². The molecular formula is C19H24N2O4. The van der Waals surface area contributed by atoms with Gasteiger partial charge in [-0.1, -0.05) is 6.07 Å². The summed E-state index contributed by atoms with van der Waals surface area (Å²) in [4.78, 5) is 12.4. The van der Waals surface area contributed by atoms with Crippen molar-refractivity contribution in [3.63, 3.8) is 0 Å². The number of nitrogens with one attached hydrogen (secondary N) is 1. The summed E-state index contributed by atoms with van der Waals surface area (Å²) in [7, 11) is 1.65. The van der Waals surface area contributed by atoms with Gasteiger partial charge in [0.15, 0.2) is 0 Å². The van der Waals surface area contributed by atoms with Crippen LogP contribution in [0, 0.1) is 0 Å². The Morgan fingerprint density at radius 1 is 1.00 bits per heavy atom. The summed E-state index contributed by atoms with van der Waals surface area (Å²) in [5, 5.41) is 2.85. The monoisotopic (exact) mass is 344 g/mol. The molecule has 0 aliphatic carbocycles. The number of methoxy groups -OCH3 is 1. The molecule has 0 aromatic heterocycles. The molecule has 6 heteroatoms. The number of carbonyl (C=O) groups excluding carboxylic acids is 1. The number of hydrogen-bond acceptors (Lipinski definition) is 5. The molecule has 2 rings (SSSR count). The first-order chi connectivity index (χ1) is 12.2. The molecule has 134 valence electrons. The predicted molar refractivity (Wildman–Crippen MR) is 97.4 cm³/mol. The minimum Gasteiger partial charge on any atom is -0.493 e. The van der Waals surface area contributed by atoms with E-state index < -0.39 is 0 Å². The molecule has 2 aromatic carbocycles. The molecule has 25 heavy (non-hydrogen) atoms. The lowest BCUT2D eigenvalue weighted by atomic mass is 10.2. The van der Waals surface area contributed by atoms with Gasteiger partial charge in [0.1, 0.15) is 18.1 Å². The van der Waals surface area contributed by atoms with Crippen LogP contribution in [0.15, 0.2) is 48.5 Å². The Morgan fingerprint density at radius 3 is 2.48 bits per heavy atom. The summed E-state index contributed by atoms with van der Waals surface area (Å²) in [5.41, 5.74) is 6.62. The van der Waals surface area contributed by atoms with Crippen molar-refractivity contribution in [3.05, 3.63) is 54.1 Å². The molecule has 0 saturated carbocycles. The number of benzene rings is 2. The Hall–Kier alpha value is -2.57. The van der Waals surface area contributed by atoms with Gasteiger partial charge in [0.05, 0.1) is 6.61 Å². The third-order valence-corrected chi connectivity index (χ3v) is 3.36. The highest BCUT2D eigenvalue weighted by Crippen LogP contribution is 2.18. The number of ether oxygens (including phenoxy) is 3. The maximum absolute atomic E-state index is 12.4. The molecule has 0 spiro atoms. The van der Waals surface area contributed by atoms with E-state index in [0.29, 0.717) is 43.4 Å². The minimum atomic E-state index is -0.196. The van der Waals surface area contributed by atoms with Gasteiger partial charge in [-0.2, -0.15) is 0 Å². The van der Waals surface area contributed by atoms with Crippen LogP contribution >= 0.6 is 0 Å². The SMILES string of the molecule is COCCCOc1cccc(C(=O)Nc2ccc(OCCN)cc2)c1. The summed E-state index contributed by atoms with van der Waals surface area (Å²) < 4.78 is 16.0. The van der Waals surface area contributed by atoms with Crippen LogP contribution in [0.1, 0.15) is 16.8 Å². The summed E-state index contributed by atoms with van der Waals surface area (Å²) >= 11 is 0. The second-order valence-corrected chi connectivity index (χ2v) is 5.34. The molecule has 0 fully saturated rings. The highest BCUT2D eigenvalue weighted by Gasteiger charge is 2.07. The van der Waals surface area contributed by atoms with Gasteiger partial charge in [-0.3, -0.25) is 4.79 Å². The molecule has 0 aliphatic rings. The lowest BCUT2D eigenvalue weighted by Gasteiger charge is -2.09. The van der Waals surface area contributed by atoms with Gasteiger partial charge in [-0.15, -0.1) is 0 Å². The highest BCUT2D eigenvalue weighted by molar-refractivity contribution is 6.04. The second kappa shape index (κ2) is 10.3. The van der Waals surface area contributed by atoms with Crippen molar-refractivity contribution in [2.24, 2.45) is 5.73 Å². The van der Waals surface area contributed by atoms with Crippen molar-refractivity contribution in [3.8, 4) is 11.5 Å². The van der Waals surface area contributed by atoms with Crippen molar-refractivity contribution in [1.29, 1.82) is 0 Å². The summed E-state index contributed by atoms with van der Waals surface area (Å²) in [6.45, 7) is 2.11. The largest absolute Gasteiger partial charge is 0.493 e. The molecule has 0 atom stereocenters. The third kappa shape index (κ3) is 6.45. The Morgan fingerprint density at radius 2 is 1.76 bits per heavy atom. The van der Waals surface area contributed by atoms with Crippen molar-refractivity contribution in [2.45, 2.75) is 6.42 Å². The van der Waals surface area contributed by atoms with Crippen LogP contribution in [0.5, 0.6) is 11.5 Å². The van der Waals surface area contributed by atoms with E-state index in [1.807, 2.05) is 6.07 Å². The van der Waals surface area contributed by atoms with Crippen LogP contribution in [0.2, 0.25) is 0 Å². The van der Waals surface area contributed by atoms with E-state index in [1.54, 1.807) is 49.6 Å². The van der Waals surface area contributed by atoms with Gasteiger partial charge in [0.25, 0.3) is 5.91 Å². The fourth-order valence-electron chi connectivity index (χ4n) is 2.13. The quantitative estimate of drug-likeness (QED) is 0.648. The Balaban J connectivity index is 1.91. The van der Waals surface area contributed by atoms with Crippen LogP contribution < -0.4 is 20.5 Å². The topological polar surface area (TPSA) is 82.8 Å². The van der Waals surface area contributed by atoms with Crippen LogP contribution in [-0.2, 0) is 4.74 Å². The zero-order valence-corrected chi connectivity index (χ0v) is 14.4. The van der Waals surface area contributed by atoms with Crippen LogP contribution in [0.4, 0.5) is 5.69 Å². The maximum atomic E-state index is 12.4. The smallest absolute Gasteiger partial charge is 0.255 e. The number of hydrogen-bond donors (Lipinski definition) is 2. The van der Waals surface area contributed by atoms with E-state index >= 15 is 0 Å². The van der Waals surface area contributed by atoms with E-state index in [9.17, 15) is 4.79 Å². The fourth-order valence-corrected chi connectivity index (χ4v) is 2.13. The van der Waals surface area contributed by atoms with Crippen molar-refractivity contribution in [1.82, 2.24) is 0 Å². The first-order valence-electron chi connectivity index (χ1n) is 8.19. The highest BCUT2D eigenvalue weighted by atomic mass is 16.5. The number of carbonyl (C=O) groups is 1. The third-order valence-electron chi connectivity index (χ3n) is 3.36. The van der Waals surface area contributed by atoms with E-state index in [1.165, 1.54) is 0 Å². The fraction of sp³-hybridized carbons (Fsp3) is 0.316. The number of anilines is 1. The van der Waals surface area contributed by atoms with Crippen molar-refractivity contribution < 1.29 is 19.0 Å². The van der Waals surface area contributed by atoms with Crippen LogP contribution in [0.25, 0.3) is 0 Å². The average Bonchev–Trinajstić information content (AvgIpc) is 2.65. The van der Waals surface area contributed by atoms with Gasteiger partial charge < -0.3 is 25.3 Å². The zero-order chi connectivity index (χ0) is 17.9. The molecular weight excluding hydrogens is 320 g/mol. The number of nitrogens with two attached hydrogens (primary N) is 1. The summed E-state index contributed by atoms with van der Waals surface area (Å²) in [6, 6.07) is 14.2. The second-order valence-electron chi connectivity index (χ2n) is 5.34. The summed E-state index contributed by atoms with van der Waals surface area (Å²) in [6.07, 6.45) is 0.797. The molecule has 3 N–H and O–H groups in total. The Bertz CT molecular complexity index is 659. The van der Waals surface area contributed by atoms with Gasteiger partial charge in [-0.05, 0) is 42.5 Å². The average molecular weight is 344 g/mol. The van der Waals surface area contributed by atoms with Crippen LogP contribution in [0.3, 0.4) is 0 Å². The summed E-state index contributed by atoms with van der Waals surface area (Å²) in [5.74, 6) is 1.18. The normalized spacial score (nSPS) is 10.3. The van der Waals surface area contributed by atoms with Crippen molar-refractivity contribution >= 4 is 11.6 Å². The van der Waals surface area contributed by atoms with E-state index in [-0.39, 0.29) is 5.91 Å². The number of amides is 1.